The summed E-state index contributed by atoms with van der Waals surface area (Å²) in [6.45, 7) is 4.39. The number of hydrazone groups is 1. The Hall–Kier alpha value is -3.80. The first-order valence-electron chi connectivity index (χ1n) is 10.1. The minimum atomic E-state index is -0.811. The van der Waals surface area contributed by atoms with Crippen LogP contribution >= 0.6 is 11.8 Å². The van der Waals surface area contributed by atoms with Crippen molar-refractivity contribution in [1.82, 2.24) is 5.43 Å². The Morgan fingerprint density at radius 3 is 2.55 bits per heavy atom. The Morgan fingerprint density at radius 2 is 1.88 bits per heavy atom. The van der Waals surface area contributed by atoms with Crippen LogP contribution in [0.15, 0.2) is 41.5 Å². The van der Waals surface area contributed by atoms with Gasteiger partial charge in [0.2, 0.25) is 0 Å². The summed E-state index contributed by atoms with van der Waals surface area (Å²) in [7, 11) is 0. The van der Waals surface area contributed by atoms with Gasteiger partial charge < -0.3 is 4.90 Å². The van der Waals surface area contributed by atoms with Crippen molar-refractivity contribution in [2.75, 3.05) is 11.4 Å². The van der Waals surface area contributed by atoms with Gasteiger partial charge in [-0.1, -0.05) is 17.8 Å². The molecule has 0 fully saturated rings. The van der Waals surface area contributed by atoms with Crippen molar-refractivity contribution in [3.63, 3.8) is 0 Å². The number of rotatable bonds is 4. The van der Waals surface area contributed by atoms with Crippen molar-refractivity contribution in [2.24, 2.45) is 5.10 Å². The van der Waals surface area contributed by atoms with Gasteiger partial charge in [0.1, 0.15) is 5.84 Å². The SMILES string of the molecule is CC1(C)SC(=O)NN=C1c1ccc2c(c1)CCCN2C(=N)c1ccc([N+](=O)[O-])c([N+](=O)[O-])c1. The summed E-state index contributed by atoms with van der Waals surface area (Å²) in [4.78, 5) is 34.2. The number of nitro benzene ring substituents is 2. The maximum Gasteiger partial charge on any atom is 0.346 e. The topological polar surface area (TPSA) is 155 Å². The Labute approximate surface area is 192 Å². The van der Waals surface area contributed by atoms with Gasteiger partial charge in [0.25, 0.3) is 5.24 Å². The van der Waals surface area contributed by atoms with Gasteiger partial charge in [0, 0.05) is 29.9 Å². The summed E-state index contributed by atoms with van der Waals surface area (Å²) in [5, 5.41) is 35.1. The van der Waals surface area contributed by atoms with Crippen molar-refractivity contribution in [3.8, 4) is 0 Å². The number of amides is 1. The van der Waals surface area contributed by atoms with Gasteiger partial charge in [-0.25, -0.2) is 5.43 Å². The number of aryl methyl sites for hydroxylation is 1. The molecule has 2 aliphatic heterocycles. The van der Waals surface area contributed by atoms with Crippen molar-refractivity contribution in [1.29, 1.82) is 5.41 Å². The number of nitrogens with one attached hydrogen (secondary N) is 2. The van der Waals surface area contributed by atoms with Crippen LogP contribution in [0, 0.1) is 25.6 Å². The van der Waals surface area contributed by atoms with Crippen LogP contribution in [-0.2, 0) is 6.42 Å². The average Bonchev–Trinajstić information content (AvgIpc) is 2.76. The van der Waals surface area contributed by atoms with E-state index in [0.717, 1.165) is 47.5 Å². The Morgan fingerprint density at radius 1 is 1.15 bits per heavy atom. The van der Waals surface area contributed by atoms with Gasteiger partial charge in [-0.15, -0.1) is 0 Å². The second-order valence-electron chi connectivity index (χ2n) is 8.14. The highest BCUT2D eigenvalue weighted by atomic mass is 32.2. The predicted octanol–water partition coefficient (Wildman–Crippen LogP) is 4.22. The molecule has 0 radical (unpaired) electrons. The number of carbonyl (C=O) groups excluding carboxylic acids is 1. The van der Waals surface area contributed by atoms with Crippen LogP contribution in [0.25, 0.3) is 0 Å². The van der Waals surface area contributed by atoms with E-state index < -0.39 is 26.0 Å². The lowest BCUT2D eigenvalue weighted by atomic mass is 9.93. The lowest BCUT2D eigenvalue weighted by molar-refractivity contribution is -0.422. The van der Waals surface area contributed by atoms with Crippen molar-refractivity contribution in [2.45, 2.75) is 31.4 Å². The predicted molar refractivity (Wildman–Crippen MR) is 125 cm³/mol. The molecule has 170 valence electrons. The number of nitro groups is 2. The van der Waals surface area contributed by atoms with E-state index in [1.54, 1.807) is 4.90 Å². The third-order valence-corrected chi connectivity index (χ3v) is 6.54. The van der Waals surface area contributed by atoms with E-state index in [0.29, 0.717) is 6.54 Å². The van der Waals surface area contributed by atoms with Gasteiger partial charge >= 0.3 is 11.4 Å². The fourth-order valence-electron chi connectivity index (χ4n) is 4.06. The standard InChI is InChI=1S/C21H20N6O5S/c1-21(2)18(23-24-20(28)33-21)13-5-7-15-12(10-13)4-3-9-25(15)19(22)14-6-8-16(26(29)30)17(11-14)27(31)32/h5-8,10-11,22H,3-4,9H2,1-2H3,(H,24,28). The third kappa shape index (κ3) is 4.16. The van der Waals surface area contributed by atoms with E-state index >= 15 is 0 Å². The smallest absolute Gasteiger partial charge is 0.326 e. The van der Waals surface area contributed by atoms with Crippen LogP contribution < -0.4 is 10.3 Å². The molecule has 0 atom stereocenters. The second kappa shape index (κ2) is 8.28. The number of nitrogens with zero attached hydrogens (tertiary/aromatic N) is 4. The van der Waals surface area contributed by atoms with Gasteiger partial charge in [-0.2, -0.15) is 5.10 Å². The molecule has 33 heavy (non-hydrogen) atoms. The summed E-state index contributed by atoms with van der Waals surface area (Å²) in [6, 6.07) is 9.23. The first-order chi connectivity index (χ1) is 15.6. The normalized spacial score (nSPS) is 17.0. The maximum atomic E-state index is 11.7. The molecule has 11 nitrogen and oxygen atoms in total. The molecular formula is C21H20N6O5S. The molecule has 1 amide bonds. The summed E-state index contributed by atoms with van der Waals surface area (Å²) in [5.41, 5.74) is 4.86. The summed E-state index contributed by atoms with van der Waals surface area (Å²) >= 11 is 1.17. The molecule has 12 heteroatoms. The van der Waals surface area contributed by atoms with Crippen LogP contribution in [0.3, 0.4) is 0 Å². The van der Waals surface area contributed by atoms with Gasteiger partial charge in [-0.05, 0) is 56.0 Å². The van der Waals surface area contributed by atoms with Gasteiger partial charge in [-0.3, -0.25) is 30.4 Å². The first kappa shape index (κ1) is 22.4. The number of hydrogen-bond acceptors (Lipinski definition) is 8. The number of thioether (sulfide) groups is 1. The molecular weight excluding hydrogens is 448 g/mol. The number of anilines is 1. The molecule has 0 saturated heterocycles. The second-order valence-corrected chi connectivity index (χ2v) is 9.73. The molecule has 0 bridgehead atoms. The lowest BCUT2D eigenvalue weighted by Gasteiger charge is -2.33. The highest BCUT2D eigenvalue weighted by Gasteiger charge is 2.35. The molecule has 0 spiro atoms. The number of fused-ring (bicyclic) bond motifs is 1. The number of carbonyl (C=O) groups is 1. The highest BCUT2D eigenvalue weighted by Crippen LogP contribution is 2.36. The van der Waals surface area contributed by atoms with Crippen LogP contribution in [0.1, 0.15) is 37.0 Å². The molecule has 0 aliphatic carbocycles. The largest absolute Gasteiger partial charge is 0.346 e. The van der Waals surface area contributed by atoms with E-state index in [9.17, 15) is 25.0 Å². The minimum absolute atomic E-state index is 0.0276. The zero-order valence-corrected chi connectivity index (χ0v) is 18.6. The zero-order chi connectivity index (χ0) is 23.9. The van der Waals surface area contributed by atoms with Crippen molar-refractivity contribution < 1.29 is 14.6 Å². The fourth-order valence-corrected chi connectivity index (χ4v) is 4.87. The molecule has 2 N–H and O–H groups in total. The minimum Gasteiger partial charge on any atom is -0.326 e. The monoisotopic (exact) mass is 468 g/mol. The van der Waals surface area contributed by atoms with Gasteiger partial charge in [0.05, 0.1) is 20.3 Å². The van der Waals surface area contributed by atoms with Crippen molar-refractivity contribution in [3.05, 3.63) is 73.3 Å². The van der Waals surface area contributed by atoms with E-state index in [4.69, 9.17) is 5.41 Å². The van der Waals surface area contributed by atoms with Crippen LogP contribution in [0.5, 0.6) is 0 Å². The van der Waals surface area contributed by atoms with Crippen LogP contribution in [0.4, 0.5) is 21.9 Å². The molecule has 2 aromatic carbocycles. The summed E-state index contributed by atoms with van der Waals surface area (Å²) < 4.78 is -0.505. The molecule has 4 rings (SSSR count). The van der Waals surface area contributed by atoms with E-state index in [-0.39, 0.29) is 16.6 Å². The quantitative estimate of drug-likeness (QED) is 0.294. The average molecular weight is 468 g/mol. The van der Waals surface area contributed by atoms with Crippen molar-refractivity contribution >= 4 is 45.6 Å². The number of amidine groups is 1. The molecule has 0 unspecified atom stereocenters. The molecule has 0 saturated carbocycles. The Kier molecular flexibility index (Phi) is 5.62. The van der Waals surface area contributed by atoms with E-state index in [1.165, 1.54) is 17.8 Å². The summed E-state index contributed by atoms with van der Waals surface area (Å²) in [6.07, 6.45) is 1.54. The molecule has 0 aromatic heterocycles. The molecule has 2 aromatic rings. The fraction of sp³-hybridized carbons (Fsp3) is 0.286. The van der Waals surface area contributed by atoms with Crippen LogP contribution in [0.2, 0.25) is 0 Å². The third-order valence-electron chi connectivity index (χ3n) is 5.56. The Bertz CT molecular complexity index is 1240. The molecule has 2 heterocycles. The van der Waals surface area contributed by atoms with E-state index in [2.05, 4.69) is 10.5 Å². The lowest BCUT2D eigenvalue weighted by Crippen LogP contribution is -2.39. The Balaban J connectivity index is 1.69. The zero-order valence-electron chi connectivity index (χ0n) is 17.8. The van der Waals surface area contributed by atoms with Crippen LogP contribution in [-0.4, -0.2) is 37.9 Å². The highest BCUT2D eigenvalue weighted by molar-refractivity contribution is 8.15. The van der Waals surface area contributed by atoms with E-state index in [1.807, 2.05) is 32.0 Å². The van der Waals surface area contributed by atoms with Gasteiger partial charge in [0.15, 0.2) is 0 Å². The first-order valence-corrected chi connectivity index (χ1v) is 10.9. The maximum absolute atomic E-state index is 11.7. The molecule has 2 aliphatic rings. The number of benzene rings is 2. The number of hydrogen-bond donors (Lipinski definition) is 2. The summed E-state index contributed by atoms with van der Waals surface area (Å²) in [5.74, 6) is 0.0276.